The minimum Gasteiger partial charge on any atom is -0.264 e. The number of nitrogens with zero attached hydrogens (tertiary/aromatic N) is 3. The first-order chi connectivity index (χ1) is 9.15. The second-order valence-electron chi connectivity index (χ2n) is 4.66. The van der Waals surface area contributed by atoms with E-state index in [1.165, 1.54) is 6.07 Å². The Balaban J connectivity index is 2.32. The van der Waals surface area contributed by atoms with Crippen LogP contribution in [-0.4, -0.2) is 20.5 Å². The molecule has 0 aliphatic heterocycles. The Labute approximate surface area is 117 Å². The number of benzene rings is 1. The summed E-state index contributed by atoms with van der Waals surface area (Å²) in [5, 5.41) is 16.1. The second-order valence-corrected chi connectivity index (χ2v) is 5.03. The van der Waals surface area contributed by atoms with E-state index in [9.17, 15) is 10.1 Å². The van der Waals surface area contributed by atoms with Gasteiger partial charge in [-0.3, -0.25) is 14.8 Å². The summed E-state index contributed by atoms with van der Waals surface area (Å²) >= 11 is 4.36. The largest absolute Gasteiger partial charge is 0.271 e. The van der Waals surface area contributed by atoms with Gasteiger partial charge in [0, 0.05) is 24.1 Å². The van der Waals surface area contributed by atoms with Gasteiger partial charge < -0.3 is 0 Å². The molecule has 0 N–H and O–H groups in total. The average Bonchev–Trinajstić information content (AvgIpc) is 2.80. The van der Waals surface area contributed by atoms with Crippen molar-refractivity contribution in [3.8, 4) is 0 Å². The topological polar surface area (TPSA) is 61.0 Å². The molecule has 1 atom stereocenters. The number of aromatic nitrogens is 2. The van der Waals surface area contributed by atoms with Gasteiger partial charge >= 0.3 is 0 Å². The number of hydrogen-bond donors (Lipinski definition) is 1. The van der Waals surface area contributed by atoms with Gasteiger partial charge in [-0.25, -0.2) is 0 Å². The van der Waals surface area contributed by atoms with Crippen LogP contribution < -0.4 is 0 Å². The lowest BCUT2D eigenvalue weighted by molar-refractivity contribution is -0.384. The van der Waals surface area contributed by atoms with Crippen molar-refractivity contribution in [3.63, 3.8) is 0 Å². The lowest BCUT2D eigenvalue weighted by atomic mass is 10.1. The third-order valence-electron chi connectivity index (χ3n) is 3.23. The molecule has 2 rings (SSSR count). The molecule has 19 heavy (non-hydrogen) atoms. The van der Waals surface area contributed by atoms with E-state index in [2.05, 4.69) is 24.7 Å². The molecule has 0 amide bonds. The van der Waals surface area contributed by atoms with Crippen molar-refractivity contribution in [2.75, 3.05) is 5.75 Å². The second kappa shape index (κ2) is 6.06. The fraction of sp³-hybridized carbons (Fsp3) is 0.462. The van der Waals surface area contributed by atoms with Crippen molar-refractivity contribution in [3.05, 3.63) is 34.5 Å². The van der Waals surface area contributed by atoms with Crippen LogP contribution in [0.25, 0.3) is 10.9 Å². The number of nitro benzene ring substituents is 1. The van der Waals surface area contributed by atoms with E-state index >= 15 is 0 Å². The quantitative estimate of drug-likeness (QED) is 0.501. The molecule has 0 saturated heterocycles. The summed E-state index contributed by atoms with van der Waals surface area (Å²) in [7, 11) is 0. The molecule has 5 nitrogen and oxygen atoms in total. The maximum Gasteiger partial charge on any atom is 0.271 e. The van der Waals surface area contributed by atoms with Crippen LogP contribution >= 0.6 is 12.6 Å². The van der Waals surface area contributed by atoms with E-state index in [4.69, 9.17) is 0 Å². The van der Waals surface area contributed by atoms with E-state index in [1.54, 1.807) is 18.3 Å². The Hall–Kier alpha value is -1.56. The highest BCUT2D eigenvalue weighted by molar-refractivity contribution is 7.80. The molecule has 0 fully saturated rings. The molecule has 1 aromatic heterocycles. The van der Waals surface area contributed by atoms with Crippen molar-refractivity contribution >= 4 is 29.2 Å². The summed E-state index contributed by atoms with van der Waals surface area (Å²) < 4.78 is 1.85. The summed E-state index contributed by atoms with van der Waals surface area (Å²) in [6, 6.07) is 4.84. The summed E-state index contributed by atoms with van der Waals surface area (Å²) in [5.41, 5.74) is 0.921. The van der Waals surface area contributed by atoms with Crippen molar-refractivity contribution in [1.82, 2.24) is 9.78 Å². The normalized spacial score (nSPS) is 12.7. The Kier molecular flexibility index (Phi) is 4.42. The predicted octanol–water partition coefficient (Wildman–Crippen LogP) is 3.29. The molecule has 2 aromatic rings. The van der Waals surface area contributed by atoms with Gasteiger partial charge in [0.2, 0.25) is 0 Å². The standard InChI is InChI=1S/C13H17N3O2S/c1-2-3-10(9-19)8-15-13-6-12(16(17)18)5-4-11(13)7-14-15/h4-7,10,19H,2-3,8-9H2,1H3. The Morgan fingerprint density at radius 2 is 2.32 bits per heavy atom. The lowest BCUT2D eigenvalue weighted by Gasteiger charge is -2.13. The van der Waals surface area contributed by atoms with E-state index in [0.717, 1.165) is 36.0 Å². The van der Waals surface area contributed by atoms with Crippen LogP contribution in [0, 0.1) is 16.0 Å². The first kappa shape index (κ1) is 13.9. The smallest absolute Gasteiger partial charge is 0.264 e. The van der Waals surface area contributed by atoms with Crippen LogP contribution in [0.4, 0.5) is 5.69 Å². The van der Waals surface area contributed by atoms with Crippen LogP contribution in [0.5, 0.6) is 0 Å². The molecule has 102 valence electrons. The van der Waals surface area contributed by atoms with Crippen LogP contribution in [-0.2, 0) is 6.54 Å². The molecular weight excluding hydrogens is 262 g/mol. The van der Waals surface area contributed by atoms with Gasteiger partial charge in [-0.05, 0) is 24.2 Å². The molecule has 0 spiro atoms. The number of non-ortho nitro benzene ring substituents is 1. The van der Waals surface area contributed by atoms with Crippen LogP contribution in [0.3, 0.4) is 0 Å². The molecule has 1 heterocycles. The zero-order chi connectivity index (χ0) is 13.8. The molecule has 1 aromatic carbocycles. The SMILES string of the molecule is CCCC(CS)Cn1ncc2ccc([N+](=O)[O-])cc21. The first-order valence-corrected chi connectivity index (χ1v) is 6.99. The molecule has 1 unspecified atom stereocenters. The summed E-state index contributed by atoms with van der Waals surface area (Å²) in [6.45, 7) is 2.89. The number of fused-ring (bicyclic) bond motifs is 1. The van der Waals surface area contributed by atoms with Crippen LogP contribution in [0.15, 0.2) is 24.4 Å². The van der Waals surface area contributed by atoms with Crippen LogP contribution in [0.2, 0.25) is 0 Å². The van der Waals surface area contributed by atoms with Crippen LogP contribution in [0.1, 0.15) is 19.8 Å². The van der Waals surface area contributed by atoms with Crippen molar-refractivity contribution in [1.29, 1.82) is 0 Å². The van der Waals surface area contributed by atoms with Gasteiger partial charge in [0.25, 0.3) is 5.69 Å². The Bertz CT molecular complexity index is 582. The van der Waals surface area contributed by atoms with Gasteiger partial charge in [-0.15, -0.1) is 0 Å². The third-order valence-corrected chi connectivity index (χ3v) is 3.74. The molecule has 0 bridgehead atoms. The van der Waals surface area contributed by atoms with Gasteiger partial charge in [0.15, 0.2) is 0 Å². The number of thiol groups is 1. The first-order valence-electron chi connectivity index (χ1n) is 6.36. The van der Waals surface area contributed by atoms with Gasteiger partial charge in [-0.2, -0.15) is 17.7 Å². The lowest BCUT2D eigenvalue weighted by Crippen LogP contribution is -2.13. The highest BCUT2D eigenvalue weighted by Crippen LogP contribution is 2.22. The monoisotopic (exact) mass is 279 g/mol. The van der Waals surface area contributed by atoms with E-state index in [-0.39, 0.29) is 10.6 Å². The van der Waals surface area contributed by atoms with E-state index in [0.29, 0.717) is 5.92 Å². The number of nitro groups is 1. The number of hydrogen-bond acceptors (Lipinski definition) is 4. The summed E-state index contributed by atoms with van der Waals surface area (Å²) in [6.07, 6.45) is 3.94. The Morgan fingerprint density at radius 1 is 1.53 bits per heavy atom. The molecule has 0 aliphatic carbocycles. The highest BCUT2D eigenvalue weighted by atomic mass is 32.1. The molecule has 6 heteroatoms. The predicted molar refractivity (Wildman–Crippen MR) is 78.6 cm³/mol. The van der Waals surface area contributed by atoms with Gasteiger partial charge in [0.05, 0.1) is 16.6 Å². The third kappa shape index (κ3) is 3.07. The fourth-order valence-corrected chi connectivity index (χ4v) is 2.51. The van der Waals surface area contributed by atoms with Crippen molar-refractivity contribution in [2.45, 2.75) is 26.3 Å². The zero-order valence-corrected chi connectivity index (χ0v) is 11.7. The maximum absolute atomic E-state index is 10.8. The van der Waals surface area contributed by atoms with Crippen molar-refractivity contribution < 1.29 is 4.92 Å². The summed E-state index contributed by atoms with van der Waals surface area (Å²) in [4.78, 5) is 10.4. The maximum atomic E-state index is 10.8. The number of rotatable bonds is 6. The Morgan fingerprint density at radius 3 is 2.95 bits per heavy atom. The minimum absolute atomic E-state index is 0.104. The fourth-order valence-electron chi connectivity index (χ4n) is 2.21. The van der Waals surface area contributed by atoms with Crippen molar-refractivity contribution in [2.24, 2.45) is 5.92 Å². The molecule has 0 saturated carbocycles. The highest BCUT2D eigenvalue weighted by Gasteiger charge is 2.13. The molecule has 0 radical (unpaired) electrons. The van der Waals surface area contributed by atoms with Gasteiger partial charge in [0.1, 0.15) is 0 Å². The van der Waals surface area contributed by atoms with E-state index < -0.39 is 0 Å². The average molecular weight is 279 g/mol. The zero-order valence-electron chi connectivity index (χ0n) is 10.8. The van der Waals surface area contributed by atoms with Gasteiger partial charge in [-0.1, -0.05) is 13.3 Å². The summed E-state index contributed by atoms with van der Waals surface area (Å²) in [5.74, 6) is 1.24. The molecular formula is C13H17N3O2S. The molecule has 0 aliphatic rings. The minimum atomic E-state index is -0.376. The van der Waals surface area contributed by atoms with E-state index in [1.807, 2.05) is 4.68 Å².